The lowest BCUT2D eigenvalue weighted by molar-refractivity contribution is -0.274. The first kappa shape index (κ1) is 22.3. The van der Waals surface area contributed by atoms with E-state index in [1.807, 2.05) is 13.8 Å². The standard InChI is InChI=1S/C18H23F3N4O4S/c1-12(2)25-16(22-23(3)17(25)26)13-5-4-10-24(11-13)30(27,28)15-8-6-14(7-9-15)29-18(19,20)21/h6-9,12-13H,4-5,10-11H2,1-3H3. The van der Waals surface area contributed by atoms with E-state index in [2.05, 4.69) is 9.84 Å². The summed E-state index contributed by atoms with van der Waals surface area (Å²) in [6, 6.07) is 3.98. The molecule has 12 heteroatoms. The molecule has 0 N–H and O–H groups in total. The van der Waals surface area contributed by atoms with Crippen LogP contribution < -0.4 is 10.4 Å². The van der Waals surface area contributed by atoms with Crippen LogP contribution in [0.25, 0.3) is 0 Å². The molecule has 8 nitrogen and oxygen atoms in total. The SMILES string of the molecule is CC(C)n1c(C2CCCN(S(=O)(=O)c3ccc(OC(F)(F)F)cc3)C2)nn(C)c1=O. The predicted octanol–water partition coefficient (Wildman–Crippen LogP) is 2.63. The molecule has 0 radical (unpaired) electrons. The lowest BCUT2D eigenvalue weighted by atomic mass is 9.98. The van der Waals surface area contributed by atoms with Gasteiger partial charge in [-0.05, 0) is 51.0 Å². The van der Waals surface area contributed by atoms with Crippen molar-refractivity contribution in [2.24, 2.45) is 7.05 Å². The monoisotopic (exact) mass is 448 g/mol. The fourth-order valence-corrected chi connectivity index (χ4v) is 5.12. The minimum absolute atomic E-state index is 0.125. The van der Waals surface area contributed by atoms with E-state index in [0.29, 0.717) is 18.7 Å². The molecule has 1 aliphatic rings. The average molecular weight is 448 g/mol. The summed E-state index contributed by atoms with van der Waals surface area (Å²) in [5.74, 6) is -0.226. The van der Waals surface area contributed by atoms with Crippen LogP contribution in [0.2, 0.25) is 0 Å². The van der Waals surface area contributed by atoms with Crippen LogP contribution in [0, 0.1) is 0 Å². The molecule has 1 fully saturated rings. The number of aryl methyl sites for hydroxylation is 1. The van der Waals surface area contributed by atoms with Gasteiger partial charge in [0, 0.05) is 32.1 Å². The number of sulfonamides is 1. The van der Waals surface area contributed by atoms with Gasteiger partial charge in [-0.3, -0.25) is 4.57 Å². The fourth-order valence-electron chi connectivity index (χ4n) is 3.60. The predicted molar refractivity (Wildman–Crippen MR) is 102 cm³/mol. The second-order valence-electron chi connectivity index (χ2n) is 7.45. The lowest BCUT2D eigenvalue weighted by Gasteiger charge is -2.31. The summed E-state index contributed by atoms with van der Waals surface area (Å²) in [5.41, 5.74) is -0.264. The molecule has 0 aliphatic carbocycles. The molecule has 0 bridgehead atoms. The lowest BCUT2D eigenvalue weighted by Crippen LogP contribution is -2.40. The number of nitrogens with zero attached hydrogens (tertiary/aromatic N) is 4. The highest BCUT2D eigenvalue weighted by Crippen LogP contribution is 2.31. The van der Waals surface area contributed by atoms with Crippen molar-refractivity contribution in [1.29, 1.82) is 0 Å². The Morgan fingerprint density at radius 1 is 1.20 bits per heavy atom. The quantitative estimate of drug-likeness (QED) is 0.702. The average Bonchev–Trinajstić information content (AvgIpc) is 2.96. The Bertz CT molecular complexity index is 1060. The maximum absolute atomic E-state index is 13.0. The van der Waals surface area contributed by atoms with E-state index < -0.39 is 22.1 Å². The van der Waals surface area contributed by atoms with E-state index in [4.69, 9.17) is 0 Å². The number of hydrogen-bond donors (Lipinski definition) is 0. The maximum Gasteiger partial charge on any atom is 0.573 e. The van der Waals surface area contributed by atoms with E-state index in [0.717, 1.165) is 24.3 Å². The molecular weight excluding hydrogens is 425 g/mol. The summed E-state index contributed by atoms with van der Waals surface area (Å²) in [6.45, 7) is 4.12. The van der Waals surface area contributed by atoms with Gasteiger partial charge in [0.2, 0.25) is 10.0 Å². The second kappa shape index (κ2) is 8.06. The highest BCUT2D eigenvalue weighted by atomic mass is 32.2. The molecule has 0 spiro atoms. The van der Waals surface area contributed by atoms with Crippen LogP contribution in [0.5, 0.6) is 5.75 Å². The van der Waals surface area contributed by atoms with E-state index in [1.54, 1.807) is 11.6 Å². The number of alkyl halides is 3. The number of hydrogen-bond acceptors (Lipinski definition) is 5. The van der Waals surface area contributed by atoms with E-state index in [1.165, 1.54) is 8.99 Å². The van der Waals surface area contributed by atoms with Gasteiger partial charge in [-0.15, -0.1) is 13.2 Å². The van der Waals surface area contributed by atoms with Crippen molar-refractivity contribution < 1.29 is 26.3 Å². The maximum atomic E-state index is 13.0. The van der Waals surface area contributed by atoms with Crippen molar-refractivity contribution >= 4 is 10.0 Å². The van der Waals surface area contributed by atoms with Crippen LogP contribution in [-0.2, 0) is 17.1 Å². The zero-order valence-corrected chi connectivity index (χ0v) is 17.6. The summed E-state index contributed by atoms with van der Waals surface area (Å²) in [4.78, 5) is 12.2. The Morgan fingerprint density at radius 2 is 1.83 bits per heavy atom. The Morgan fingerprint density at radius 3 is 2.40 bits per heavy atom. The fraction of sp³-hybridized carbons (Fsp3) is 0.556. The third-order valence-corrected chi connectivity index (χ3v) is 6.82. The van der Waals surface area contributed by atoms with Gasteiger partial charge in [0.05, 0.1) is 4.90 Å². The Balaban J connectivity index is 1.84. The molecule has 166 valence electrons. The molecule has 1 atom stereocenters. The van der Waals surface area contributed by atoms with Crippen molar-refractivity contribution in [1.82, 2.24) is 18.7 Å². The van der Waals surface area contributed by atoms with E-state index in [-0.39, 0.29) is 35.6 Å². The van der Waals surface area contributed by atoms with Crippen LogP contribution in [0.3, 0.4) is 0 Å². The van der Waals surface area contributed by atoms with Crippen LogP contribution in [0.15, 0.2) is 34.0 Å². The molecule has 1 unspecified atom stereocenters. The third kappa shape index (κ3) is 4.53. The second-order valence-corrected chi connectivity index (χ2v) is 9.39. The summed E-state index contributed by atoms with van der Waals surface area (Å²) in [6.07, 6.45) is -3.61. The minimum atomic E-state index is -4.85. The first-order valence-corrected chi connectivity index (χ1v) is 10.9. The highest BCUT2D eigenvalue weighted by molar-refractivity contribution is 7.89. The third-order valence-electron chi connectivity index (χ3n) is 4.94. The normalized spacial score (nSPS) is 18.7. The topological polar surface area (TPSA) is 86.4 Å². The highest BCUT2D eigenvalue weighted by Gasteiger charge is 2.35. The molecule has 2 heterocycles. The van der Waals surface area contributed by atoms with Crippen molar-refractivity contribution in [2.75, 3.05) is 13.1 Å². The molecule has 1 aromatic carbocycles. The van der Waals surface area contributed by atoms with Crippen molar-refractivity contribution in [3.05, 3.63) is 40.6 Å². The minimum Gasteiger partial charge on any atom is -0.406 e. The van der Waals surface area contributed by atoms with Gasteiger partial charge in [0.1, 0.15) is 11.6 Å². The van der Waals surface area contributed by atoms with Crippen LogP contribution in [-0.4, -0.2) is 46.5 Å². The summed E-state index contributed by atoms with van der Waals surface area (Å²) >= 11 is 0. The van der Waals surface area contributed by atoms with Crippen LogP contribution >= 0.6 is 0 Å². The number of ether oxygens (including phenoxy) is 1. The van der Waals surface area contributed by atoms with E-state index >= 15 is 0 Å². The zero-order chi connectivity index (χ0) is 22.3. The number of benzene rings is 1. The van der Waals surface area contributed by atoms with Gasteiger partial charge in [-0.25, -0.2) is 17.9 Å². The van der Waals surface area contributed by atoms with Crippen molar-refractivity contribution in [3.63, 3.8) is 0 Å². The number of halogens is 3. The molecular formula is C18H23F3N4O4S. The molecule has 2 aromatic rings. The molecule has 1 saturated heterocycles. The van der Waals surface area contributed by atoms with Gasteiger partial charge in [-0.2, -0.15) is 9.40 Å². The Labute approximate surface area is 171 Å². The first-order valence-electron chi connectivity index (χ1n) is 9.41. The summed E-state index contributed by atoms with van der Waals surface area (Å²) < 4.78 is 70.8. The largest absolute Gasteiger partial charge is 0.573 e. The Kier molecular flexibility index (Phi) is 6.01. The molecule has 1 aromatic heterocycles. The molecule has 30 heavy (non-hydrogen) atoms. The van der Waals surface area contributed by atoms with Gasteiger partial charge < -0.3 is 4.74 Å². The zero-order valence-electron chi connectivity index (χ0n) is 16.8. The number of aromatic nitrogens is 3. The van der Waals surface area contributed by atoms with Gasteiger partial charge in [0.15, 0.2) is 0 Å². The van der Waals surface area contributed by atoms with Crippen molar-refractivity contribution in [2.45, 2.75) is 49.9 Å². The smallest absolute Gasteiger partial charge is 0.406 e. The summed E-state index contributed by atoms with van der Waals surface area (Å²) in [7, 11) is -2.38. The molecule has 0 amide bonds. The first-order chi connectivity index (χ1) is 13.9. The Hall–Kier alpha value is -2.34. The van der Waals surface area contributed by atoms with E-state index in [9.17, 15) is 26.4 Å². The van der Waals surface area contributed by atoms with Gasteiger partial charge in [0.25, 0.3) is 0 Å². The van der Waals surface area contributed by atoms with Gasteiger partial charge >= 0.3 is 12.1 Å². The number of rotatable bonds is 5. The molecule has 3 rings (SSSR count). The van der Waals surface area contributed by atoms with Crippen molar-refractivity contribution in [3.8, 4) is 5.75 Å². The van der Waals surface area contributed by atoms with Crippen LogP contribution in [0.1, 0.15) is 44.5 Å². The molecule has 0 saturated carbocycles. The number of piperidine rings is 1. The van der Waals surface area contributed by atoms with Crippen LogP contribution in [0.4, 0.5) is 13.2 Å². The molecule has 1 aliphatic heterocycles. The summed E-state index contributed by atoms with van der Waals surface area (Å²) in [5, 5.41) is 4.31. The van der Waals surface area contributed by atoms with Gasteiger partial charge in [-0.1, -0.05) is 0 Å².